The smallest absolute Gasteiger partial charge is 0.278 e. The Morgan fingerprint density at radius 3 is 2.89 bits per heavy atom. The Balaban J connectivity index is 1.45. The van der Waals surface area contributed by atoms with Gasteiger partial charge in [-0.15, -0.1) is 0 Å². The molecule has 1 fully saturated rings. The van der Waals surface area contributed by atoms with E-state index in [-0.39, 0.29) is 11.7 Å². The van der Waals surface area contributed by atoms with Crippen molar-refractivity contribution < 1.29 is 13.7 Å². The summed E-state index contributed by atoms with van der Waals surface area (Å²) in [6, 6.07) is 4.60. The van der Waals surface area contributed by atoms with Crippen LogP contribution in [0.4, 0.5) is 4.39 Å². The molecule has 1 aromatic carbocycles. The Kier molecular flexibility index (Phi) is 3.82. The Labute approximate surface area is 161 Å². The van der Waals surface area contributed by atoms with E-state index in [1.54, 1.807) is 24.0 Å². The molecule has 7 nitrogen and oxygen atoms in total. The minimum atomic E-state index is -0.371. The lowest BCUT2D eigenvalue weighted by atomic mass is 10.0. The molecule has 1 aliphatic carbocycles. The van der Waals surface area contributed by atoms with Gasteiger partial charge in [-0.05, 0) is 37.5 Å². The van der Waals surface area contributed by atoms with Crippen LogP contribution in [-0.4, -0.2) is 37.3 Å². The standard InChI is InChI=1S/C20H20FN5O2/c1-11-3-4-13(9-15(11)21)20(27)26-8-7-16-14(10-26)17(23-25(16)2)19-22-18(24-28-19)12-5-6-12/h3-4,9,12H,5-8,10H2,1-2H3. The molecule has 28 heavy (non-hydrogen) atoms. The fourth-order valence-electron chi connectivity index (χ4n) is 3.68. The Hall–Kier alpha value is -3.03. The summed E-state index contributed by atoms with van der Waals surface area (Å²) in [5, 5.41) is 8.65. The van der Waals surface area contributed by atoms with Gasteiger partial charge in [0.1, 0.15) is 5.82 Å². The third kappa shape index (κ3) is 2.80. The van der Waals surface area contributed by atoms with Crippen molar-refractivity contribution in [2.24, 2.45) is 7.05 Å². The van der Waals surface area contributed by atoms with E-state index in [2.05, 4.69) is 15.2 Å². The van der Waals surface area contributed by atoms with Crippen LogP contribution in [0.15, 0.2) is 22.7 Å². The van der Waals surface area contributed by atoms with Crippen LogP contribution in [0.2, 0.25) is 0 Å². The molecule has 0 atom stereocenters. The van der Waals surface area contributed by atoms with Gasteiger partial charge in [0.05, 0.1) is 6.54 Å². The lowest BCUT2D eigenvalue weighted by Gasteiger charge is -2.27. The second-order valence-corrected chi connectivity index (χ2v) is 7.57. The fraction of sp³-hybridized carbons (Fsp3) is 0.400. The molecule has 144 valence electrons. The van der Waals surface area contributed by atoms with Crippen molar-refractivity contribution in [2.45, 2.75) is 38.6 Å². The van der Waals surface area contributed by atoms with Gasteiger partial charge in [-0.3, -0.25) is 9.48 Å². The number of fused-ring (bicyclic) bond motifs is 1. The molecule has 8 heteroatoms. The Morgan fingerprint density at radius 1 is 1.32 bits per heavy atom. The van der Waals surface area contributed by atoms with E-state index in [1.807, 2.05) is 11.7 Å². The number of benzene rings is 1. The van der Waals surface area contributed by atoms with Gasteiger partial charge in [0.15, 0.2) is 11.5 Å². The summed E-state index contributed by atoms with van der Waals surface area (Å²) >= 11 is 0. The van der Waals surface area contributed by atoms with Crippen molar-refractivity contribution in [3.8, 4) is 11.6 Å². The summed E-state index contributed by atoms with van der Waals surface area (Å²) in [4.78, 5) is 19.1. The molecule has 1 aliphatic heterocycles. The molecule has 3 aromatic rings. The molecule has 1 amide bonds. The number of aromatic nitrogens is 4. The second kappa shape index (κ2) is 6.25. The van der Waals surface area contributed by atoms with Crippen LogP contribution in [0.25, 0.3) is 11.6 Å². The van der Waals surface area contributed by atoms with E-state index in [0.29, 0.717) is 48.1 Å². The zero-order valence-corrected chi connectivity index (χ0v) is 15.8. The first-order chi connectivity index (χ1) is 13.5. The normalized spacial score (nSPS) is 16.3. The number of aryl methyl sites for hydroxylation is 2. The zero-order valence-electron chi connectivity index (χ0n) is 15.8. The third-order valence-electron chi connectivity index (χ3n) is 5.54. The number of amides is 1. The monoisotopic (exact) mass is 381 g/mol. The number of carbonyl (C=O) groups is 1. The maximum Gasteiger partial charge on any atom is 0.278 e. The van der Waals surface area contributed by atoms with Crippen LogP contribution in [0.1, 0.15) is 51.8 Å². The molecule has 2 aromatic heterocycles. The number of rotatable bonds is 3. The van der Waals surface area contributed by atoms with Gasteiger partial charge >= 0.3 is 0 Å². The summed E-state index contributed by atoms with van der Waals surface area (Å²) in [6.07, 6.45) is 2.85. The van der Waals surface area contributed by atoms with Gasteiger partial charge in [-0.1, -0.05) is 11.2 Å². The largest absolute Gasteiger partial charge is 0.334 e. The maximum absolute atomic E-state index is 13.9. The van der Waals surface area contributed by atoms with Crippen molar-refractivity contribution in [2.75, 3.05) is 6.54 Å². The predicted molar refractivity (Wildman–Crippen MR) is 98.1 cm³/mol. The SMILES string of the molecule is Cc1ccc(C(=O)N2CCc3c(c(-c4nc(C5CC5)no4)nn3C)C2)cc1F. The first kappa shape index (κ1) is 17.1. The number of hydrogen-bond acceptors (Lipinski definition) is 5. The van der Waals surface area contributed by atoms with E-state index in [4.69, 9.17) is 4.52 Å². The zero-order chi connectivity index (χ0) is 19.4. The summed E-state index contributed by atoms with van der Waals surface area (Å²) in [5.41, 5.74) is 3.48. The van der Waals surface area contributed by atoms with Crippen molar-refractivity contribution in [3.63, 3.8) is 0 Å². The molecule has 0 saturated heterocycles. The molecule has 0 unspecified atom stereocenters. The Bertz CT molecular complexity index is 1080. The van der Waals surface area contributed by atoms with Crippen molar-refractivity contribution >= 4 is 5.91 Å². The highest BCUT2D eigenvalue weighted by Crippen LogP contribution is 2.39. The van der Waals surface area contributed by atoms with Gasteiger partial charge in [-0.2, -0.15) is 10.1 Å². The van der Waals surface area contributed by atoms with Crippen molar-refractivity contribution in [1.82, 2.24) is 24.8 Å². The van der Waals surface area contributed by atoms with E-state index >= 15 is 0 Å². The van der Waals surface area contributed by atoms with Crippen LogP contribution in [-0.2, 0) is 20.0 Å². The predicted octanol–water partition coefficient (Wildman–Crippen LogP) is 2.99. The van der Waals surface area contributed by atoms with E-state index in [0.717, 1.165) is 29.9 Å². The molecule has 0 N–H and O–H groups in total. The summed E-state index contributed by atoms with van der Waals surface area (Å²) in [7, 11) is 1.88. The highest BCUT2D eigenvalue weighted by Gasteiger charge is 2.32. The molecule has 0 spiro atoms. The third-order valence-corrected chi connectivity index (χ3v) is 5.54. The van der Waals surface area contributed by atoms with Crippen LogP contribution >= 0.6 is 0 Å². The first-order valence-electron chi connectivity index (χ1n) is 9.45. The second-order valence-electron chi connectivity index (χ2n) is 7.57. The van der Waals surface area contributed by atoms with Gasteiger partial charge < -0.3 is 9.42 Å². The van der Waals surface area contributed by atoms with E-state index in [9.17, 15) is 9.18 Å². The summed E-state index contributed by atoms with van der Waals surface area (Å²) < 4.78 is 21.2. The minimum absolute atomic E-state index is 0.191. The summed E-state index contributed by atoms with van der Waals surface area (Å²) in [5.74, 6) is 0.960. The lowest BCUT2D eigenvalue weighted by Crippen LogP contribution is -2.36. The first-order valence-corrected chi connectivity index (χ1v) is 9.45. The number of nitrogens with zero attached hydrogens (tertiary/aromatic N) is 5. The molecule has 3 heterocycles. The highest BCUT2D eigenvalue weighted by atomic mass is 19.1. The minimum Gasteiger partial charge on any atom is -0.334 e. The highest BCUT2D eigenvalue weighted by molar-refractivity contribution is 5.94. The van der Waals surface area contributed by atoms with Crippen molar-refractivity contribution in [3.05, 3.63) is 52.2 Å². The van der Waals surface area contributed by atoms with E-state index < -0.39 is 0 Å². The summed E-state index contributed by atoms with van der Waals surface area (Å²) in [6.45, 7) is 2.62. The molecule has 1 saturated carbocycles. The maximum atomic E-state index is 13.9. The average molecular weight is 381 g/mol. The quantitative estimate of drug-likeness (QED) is 0.697. The molecular weight excluding hydrogens is 361 g/mol. The molecule has 5 rings (SSSR count). The van der Waals surface area contributed by atoms with Gasteiger partial charge in [0.2, 0.25) is 0 Å². The topological polar surface area (TPSA) is 77.1 Å². The van der Waals surface area contributed by atoms with Crippen LogP contribution in [0.5, 0.6) is 0 Å². The number of carbonyl (C=O) groups excluding carboxylic acids is 1. The van der Waals surface area contributed by atoms with Crippen molar-refractivity contribution in [1.29, 1.82) is 0 Å². The van der Waals surface area contributed by atoms with Gasteiger partial charge in [0, 0.05) is 42.8 Å². The van der Waals surface area contributed by atoms with E-state index in [1.165, 1.54) is 6.07 Å². The van der Waals surface area contributed by atoms with Crippen LogP contribution in [0.3, 0.4) is 0 Å². The van der Waals surface area contributed by atoms with Crippen LogP contribution < -0.4 is 0 Å². The number of hydrogen-bond donors (Lipinski definition) is 0. The van der Waals surface area contributed by atoms with Gasteiger partial charge in [0.25, 0.3) is 11.8 Å². The molecule has 2 aliphatic rings. The van der Waals surface area contributed by atoms with Crippen LogP contribution in [0, 0.1) is 12.7 Å². The van der Waals surface area contributed by atoms with Gasteiger partial charge in [-0.25, -0.2) is 4.39 Å². The molecular formula is C20H20FN5O2. The molecule has 0 radical (unpaired) electrons. The lowest BCUT2D eigenvalue weighted by molar-refractivity contribution is 0.0733. The fourth-order valence-corrected chi connectivity index (χ4v) is 3.68. The molecule has 0 bridgehead atoms. The number of halogens is 1. The average Bonchev–Trinajstić information content (AvgIpc) is 3.34. The Morgan fingerprint density at radius 2 is 2.14 bits per heavy atom.